The number of Topliss-reactive ketones (excluding diaryl/α,β-unsaturated/α-hetero) is 1. The Morgan fingerprint density at radius 1 is 0.730 bits per heavy atom. The summed E-state index contributed by atoms with van der Waals surface area (Å²) in [4.78, 5) is 14.0. The molecule has 4 aromatic rings. The van der Waals surface area contributed by atoms with Crippen LogP contribution in [0.5, 0.6) is 11.5 Å². The highest BCUT2D eigenvalue weighted by molar-refractivity contribution is 7.61. The first kappa shape index (κ1) is 24.6. The van der Waals surface area contributed by atoms with E-state index in [-0.39, 0.29) is 48.4 Å². The van der Waals surface area contributed by atoms with Crippen molar-refractivity contribution in [1.82, 2.24) is 0 Å². The van der Waals surface area contributed by atoms with Gasteiger partial charge < -0.3 is 14.4 Å². The maximum Gasteiger partial charge on any atom is 0.218 e. The fourth-order valence-electron chi connectivity index (χ4n) is 4.60. The second-order valence-corrected chi connectivity index (χ2v) is 11.7. The molecule has 37 heavy (non-hydrogen) atoms. The highest BCUT2D eigenvalue weighted by Crippen LogP contribution is 2.74. The average Bonchev–Trinajstić information content (AvgIpc) is 2.95. The number of carbonyl (C=O) groups excluding carboxylic acids is 1. The van der Waals surface area contributed by atoms with Crippen LogP contribution >= 0.6 is 54.6 Å². The molecule has 184 valence electrons. The van der Waals surface area contributed by atoms with Gasteiger partial charge in [-0.15, -0.1) is 0 Å². The second kappa shape index (κ2) is 9.23. The van der Waals surface area contributed by atoms with Gasteiger partial charge in [0.2, 0.25) is 11.1 Å². The third kappa shape index (κ3) is 3.59. The van der Waals surface area contributed by atoms with Gasteiger partial charge in [-0.25, -0.2) is 0 Å². The smallest absolute Gasteiger partial charge is 0.218 e. The number of carbonyl (C=O) groups is 1. The van der Waals surface area contributed by atoms with Gasteiger partial charge in [0.05, 0.1) is 10.0 Å². The fourth-order valence-corrected chi connectivity index (χ4v) is 8.04. The highest BCUT2D eigenvalue weighted by atomic mass is 35.5. The summed E-state index contributed by atoms with van der Waals surface area (Å²) in [5.41, 5.74) is 2.11. The van der Waals surface area contributed by atoms with Crippen molar-refractivity contribution in [2.45, 2.75) is 5.34 Å². The molecule has 2 heterocycles. The maximum absolute atomic E-state index is 14.0. The molecule has 0 fully saturated rings. The Labute approximate surface area is 233 Å². The monoisotopic (exact) mass is 586 g/mol. The van der Waals surface area contributed by atoms with Crippen molar-refractivity contribution >= 4 is 66.1 Å². The van der Waals surface area contributed by atoms with E-state index in [1.54, 1.807) is 36.4 Å². The number of ether oxygens (including phenoxy) is 1. The Morgan fingerprint density at radius 2 is 1.30 bits per heavy atom. The van der Waals surface area contributed by atoms with E-state index in [4.69, 9.17) is 55.7 Å². The van der Waals surface area contributed by atoms with Gasteiger partial charge in [0.15, 0.2) is 19.6 Å². The SMILES string of the molecule is O=C1/C(=C(\O)c2ccccc2)P2Oc3c(Cl)c(Cl)c(Cl)c(Cl)c3OC2(c2ccccc2)c2ccccc21. The van der Waals surface area contributed by atoms with E-state index in [0.717, 1.165) is 0 Å². The molecule has 1 N–H and O–H groups in total. The number of halogens is 4. The Balaban J connectivity index is 1.76. The van der Waals surface area contributed by atoms with Gasteiger partial charge in [0.25, 0.3) is 0 Å². The minimum Gasteiger partial charge on any atom is -0.506 e. The Morgan fingerprint density at radius 3 is 1.97 bits per heavy atom. The number of benzene rings is 4. The summed E-state index contributed by atoms with van der Waals surface area (Å²) in [6.07, 6.45) is 0. The zero-order valence-corrected chi connectivity index (χ0v) is 22.6. The fraction of sp³-hybridized carbons (Fsp3) is 0.0357. The highest BCUT2D eigenvalue weighted by Gasteiger charge is 2.60. The van der Waals surface area contributed by atoms with E-state index in [1.165, 1.54) is 0 Å². The number of hydrogen-bond donors (Lipinski definition) is 1. The van der Waals surface area contributed by atoms with Crippen LogP contribution in [0.2, 0.25) is 20.1 Å². The molecule has 2 aliphatic heterocycles. The lowest BCUT2D eigenvalue weighted by molar-refractivity contribution is 0.101. The predicted molar refractivity (Wildman–Crippen MR) is 149 cm³/mol. The van der Waals surface area contributed by atoms with Crippen molar-refractivity contribution in [3.63, 3.8) is 0 Å². The van der Waals surface area contributed by atoms with Crippen molar-refractivity contribution in [3.8, 4) is 11.5 Å². The van der Waals surface area contributed by atoms with E-state index in [0.29, 0.717) is 22.3 Å². The molecule has 0 aliphatic carbocycles. The lowest BCUT2D eigenvalue weighted by Gasteiger charge is -2.48. The van der Waals surface area contributed by atoms with Crippen LogP contribution in [0.25, 0.3) is 5.76 Å². The molecule has 9 heteroatoms. The van der Waals surface area contributed by atoms with Crippen LogP contribution in [0.1, 0.15) is 27.0 Å². The number of allylic oxidation sites excluding steroid dienone is 1. The number of aliphatic hydroxyl groups excluding tert-OH is 1. The third-order valence-corrected chi connectivity index (χ3v) is 10.4. The summed E-state index contributed by atoms with van der Waals surface area (Å²) >= 11 is 25.9. The van der Waals surface area contributed by atoms with Gasteiger partial charge in [-0.3, -0.25) is 4.79 Å². The van der Waals surface area contributed by atoms with Gasteiger partial charge in [-0.05, 0) is 0 Å². The first-order valence-corrected chi connectivity index (χ1v) is 13.8. The quantitative estimate of drug-likeness (QED) is 0.0834. The van der Waals surface area contributed by atoms with E-state index in [9.17, 15) is 9.90 Å². The average molecular weight is 588 g/mol. The molecule has 4 nitrogen and oxygen atoms in total. The lowest BCUT2D eigenvalue weighted by Crippen LogP contribution is -2.42. The van der Waals surface area contributed by atoms with Crippen LogP contribution in [0.4, 0.5) is 0 Å². The first-order valence-electron chi connectivity index (χ1n) is 11.1. The van der Waals surface area contributed by atoms with Gasteiger partial charge >= 0.3 is 0 Å². The largest absolute Gasteiger partial charge is 0.506 e. The summed E-state index contributed by atoms with van der Waals surface area (Å²) < 4.78 is 13.4. The van der Waals surface area contributed by atoms with Gasteiger partial charge in [-0.2, -0.15) is 0 Å². The molecule has 4 aromatic carbocycles. The molecule has 0 bridgehead atoms. The molecule has 6 rings (SSSR count). The van der Waals surface area contributed by atoms with Gasteiger partial charge in [0.1, 0.15) is 21.1 Å². The molecule has 0 saturated heterocycles. The summed E-state index contributed by atoms with van der Waals surface area (Å²) in [5.74, 6) is -0.416. The van der Waals surface area contributed by atoms with Crippen LogP contribution in [0.15, 0.2) is 90.2 Å². The van der Waals surface area contributed by atoms with E-state index < -0.39 is 13.5 Å². The zero-order valence-electron chi connectivity index (χ0n) is 18.7. The Bertz CT molecular complexity index is 1610. The second-order valence-electron chi connectivity index (χ2n) is 8.35. The molecule has 0 radical (unpaired) electrons. The van der Waals surface area contributed by atoms with Gasteiger partial charge in [0, 0.05) is 22.3 Å². The molecule has 2 atom stereocenters. The standard InChI is InChI=1S/C28H15Cl4O4P/c29-19-20(30)22(32)26-25(21(19)31)35-28(16-11-5-2-6-12-16)18-14-8-7-13-17(18)24(34)27(37(28)36-26)23(33)15-9-3-1-4-10-15/h1-14,33H/b27-23+. The molecular formula is C28H15Cl4O4P. The van der Waals surface area contributed by atoms with Crippen molar-refractivity contribution in [2.75, 3.05) is 0 Å². The number of rotatable bonds is 2. The van der Waals surface area contributed by atoms with Crippen molar-refractivity contribution in [2.24, 2.45) is 0 Å². The molecule has 0 spiro atoms. The van der Waals surface area contributed by atoms with Crippen molar-refractivity contribution in [3.05, 3.63) is 133 Å². The minimum atomic E-state index is -2.08. The third-order valence-electron chi connectivity index (χ3n) is 6.29. The van der Waals surface area contributed by atoms with Crippen LogP contribution in [-0.4, -0.2) is 10.9 Å². The minimum absolute atomic E-state index is 0.0000804. The molecule has 2 aliphatic rings. The normalized spacial score (nSPS) is 21.2. The van der Waals surface area contributed by atoms with E-state index >= 15 is 0 Å². The Kier molecular flexibility index (Phi) is 6.14. The van der Waals surface area contributed by atoms with Crippen LogP contribution in [0.3, 0.4) is 0 Å². The predicted octanol–water partition coefficient (Wildman–Crippen LogP) is 9.49. The summed E-state index contributed by atoms with van der Waals surface area (Å²) in [5, 5.41) is 10.3. The van der Waals surface area contributed by atoms with Crippen LogP contribution in [-0.2, 0) is 5.34 Å². The van der Waals surface area contributed by atoms with Crippen molar-refractivity contribution in [1.29, 1.82) is 0 Å². The van der Waals surface area contributed by atoms with E-state index in [2.05, 4.69) is 0 Å². The summed E-state index contributed by atoms with van der Waals surface area (Å²) in [6, 6.07) is 25.2. The number of hydrogen-bond acceptors (Lipinski definition) is 4. The lowest BCUT2D eigenvalue weighted by atomic mass is 9.92. The maximum atomic E-state index is 14.0. The zero-order chi connectivity index (χ0) is 25.9. The van der Waals surface area contributed by atoms with Crippen LogP contribution < -0.4 is 9.26 Å². The number of fused-ring (bicyclic) bond motifs is 4. The molecule has 2 unspecified atom stereocenters. The van der Waals surface area contributed by atoms with Gasteiger partial charge in [-0.1, -0.05) is 131 Å². The Hall–Kier alpha value is -2.72. The summed E-state index contributed by atoms with van der Waals surface area (Å²) in [6.45, 7) is 0. The topological polar surface area (TPSA) is 55.8 Å². The molecule has 0 amide bonds. The number of ketones is 1. The number of aliphatic hydroxyl groups is 1. The first-order chi connectivity index (χ1) is 17.9. The molecule has 0 aromatic heterocycles. The molecule has 0 saturated carbocycles. The summed E-state index contributed by atoms with van der Waals surface area (Å²) in [7, 11) is -2.08. The van der Waals surface area contributed by atoms with Crippen LogP contribution in [0, 0.1) is 0 Å². The molecular weight excluding hydrogens is 573 g/mol. The van der Waals surface area contributed by atoms with E-state index in [1.807, 2.05) is 48.5 Å². The van der Waals surface area contributed by atoms with Crippen molar-refractivity contribution < 1.29 is 19.2 Å².